The average Bonchev–Trinajstić information content (AvgIpc) is 3.09. The number of rotatable bonds is 36. The zero-order chi connectivity index (χ0) is 36.1. The molecule has 0 spiro atoms. The Bertz CT molecular complexity index is 907. The summed E-state index contributed by atoms with van der Waals surface area (Å²) in [6, 6.07) is -0.886. The first-order valence-electron chi connectivity index (χ1n) is 19.8. The summed E-state index contributed by atoms with van der Waals surface area (Å²) in [6.45, 7) is 4.04. The third-order valence-electron chi connectivity index (χ3n) is 8.35. The van der Waals surface area contributed by atoms with E-state index in [0.29, 0.717) is 6.42 Å². The van der Waals surface area contributed by atoms with E-state index in [4.69, 9.17) is 14.8 Å². The molecule has 5 N–H and O–H groups in total. The monoisotopic (exact) mass is 711 g/mol. The van der Waals surface area contributed by atoms with Crippen LogP contribution in [0.2, 0.25) is 0 Å². The number of hydrogen-bond acceptors (Lipinski definition) is 6. The first-order chi connectivity index (χ1) is 23.9. The highest BCUT2D eigenvalue weighted by Crippen LogP contribution is 2.43. The zero-order valence-electron chi connectivity index (χ0n) is 31.4. The predicted molar refractivity (Wildman–Crippen MR) is 207 cm³/mol. The van der Waals surface area contributed by atoms with Crippen LogP contribution in [0.15, 0.2) is 48.6 Å². The van der Waals surface area contributed by atoms with Crippen LogP contribution in [-0.4, -0.2) is 47.8 Å². The van der Waals surface area contributed by atoms with E-state index in [1.165, 1.54) is 77.0 Å². The van der Waals surface area contributed by atoms with Crippen LogP contribution in [0.3, 0.4) is 0 Å². The summed E-state index contributed by atoms with van der Waals surface area (Å²) in [4.78, 5) is 22.6. The molecule has 8 nitrogen and oxygen atoms in total. The minimum Gasteiger partial charge on any atom is -0.387 e. The summed E-state index contributed by atoms with van der Waals surface area (Å²) in [5, 5.41) is 13.6. The molecule has 3 atom stereocenters. The van der Waals surface area contributed by atoms with E-state index >= 15 is 0 Å². The third kappa shape index (κ3) is 34.7. The molecular formula is C40H75N2O6P. The molecule has 0 saturated carbocycles. The van der Waals surface area contributed by atoms with Gasteiger partial charge in [-0.3, -0.25) is 13.8 Å². The van der Waals surface area contributed by atoms with Gasteiger partial charge in [-0.2, -0.15) is 0 Å². The number of amides is 1. The highest BCUT2D eigenvalue weighted by molar-refractivity contribution is 7.47. The van der Waals surface area contributed by atoms with E-state index in [1.807, 2.05) is 6.08 Å². The molecule has 286 valence electrons. The molecule has 49 heavy (non-hydrogen) atoms. The van der Waals surface area contributed by atoms with E-state index in [9.17, 15) is 19.4 Å². The Kier molecular flexibility index (Phi) is 35.1. The molecular weight excluding hydrogens is 635 g/mol. The van der Waals surface area contributed by atoms with E-state index in [0.717, 1.165) is 70.6 Å². The van der Waals surface area contributed by atoms with Crippen LogP contribution < -0.4 is 11.1 Å². The number of aliphatic hydroxyl groups is 1. The van der Waals surface area contributed by atoms with Crippen LogP contribution >= 0.6 is 7.82 Å². The van der Waals surface area contributed by atoms with E-state index in [2.05, 4.69) is 55.6 Å². The average molecular weight is 711 g/mol. The predicted octanol–water partition coefficient (Wildman–Crippen LogP) is 10.6. The topological polar surface area (TPSA) is 131 Å². The fourth-order valence-corrected chi connectivity index (χ4v) is 6.08. The normalized spacial score (nSPS) is 14.8. The van der Waals surface area contributed by atoms with Gasteiger partial charge in [-0.1, -0.05) is 146 Å². The van der Waals surface area contributed by atoms with Crippen molar-refractivity contribution >= 4 is 13.7 Å². The smallest absolute Gasteiger partial charge is 0.387 e. The second-order valence-electron chi connectivity index (χ2n) is 13.1. The molecule has 0 fully saturated rings. The number of nitrogens with one attached hydrogen (secondary N) is 1. The van der Waals surface area contributed by atoms with Gasteiger partial charge in [0.15, 0.2) is 0 Å². The highest BCUT2D eigenvalue weighted by atomic mass is 31.2. The molecule has 1 amide bonds. The SMILES string of the molecule is CCCC/C=C\CCCCCCCC(=O)NC(COP(=O)(O)OCCN)C(O)/C=C/CC/C=C/CC/C=C/CCCCCCCCCCC. The maximum absolute atomic E-state index is 12.7. The molecule has 0 aromatic rings. The Balaban J connectivity index is 4.36. The number of nitrogens with two attached hydrogens (primary N) is 1. The van der Waals surface area contributed by atoms with E-state index in [1.54, 1.807) is 6.08 Å². The van der Waals surface area contributed by atoms with Crippen molar-refractivity contribution in [3.8, 4) is 0 Å². The Morgan fingerprint density at radius 3 is 1.63 bits per heavy atom. The first kappa shape index (κ1) is 47.5. The summed E-state index contributed by atoms with van der Waals surface area (Å²) < 4.78 is 22.0. The van der Waals surface area contributed by atoms with Crippen LogP contribution in [0.1, 0.15) is 168 Å². The highest BCUT2D eigenvalue weighted by Gasteiger charge is 2.26. The van der Waals surface area contributed by atoms with Crippen molar-refractivity contribution in [2.24, 2.45) is 5.73 Å². The van der Waals surface area contributed by atoms with Crippen LogP contribution in [0.25, 0.3) is 0 Å². The number of phosphoric acid groups is 1. The van der Waals surface area contributed by atoms with Gasteiger partial charge < -0.3 is 21.1 Å². The molecule has 9 heteroatoms. The minimum atomic E-state index is -4.35. The summed E-state index contributed by atoms with van der Waals surface area (Å²) in [5.74, 6) is -0.222. The molecule has 0 aliphatic carbocycles. The molecule has 0 aromatic heterocycles. The molecule has 0 aromatic carbocycles. The maximum Gasteiger partial charge on any atom is 0.472 e. The van der Waals surface area contributed by atoms with Gasteiger partial charge in [0, 0.05) is 13.0 Å². The van der Waals surface area contributed by atoms with Crippen molar-refractivity contribution in [3.05, 3.63) is 48.6 Å². The second-order valence-corrected chi connectivity index (χ2v) is 14.6. The van der Waals surface area contributed by atoms with Crippen molar-refractivity contribution in [3.63, 3.8) is 0 Å². The van der Waals surface area contributed by atoms with Crippen molar-refractivity contribution in [1.82, 2.24) is 5.32 Å². The van der Waals surface area contributed by atoms with Gasteiger partial charge >= 0.3 is 7.82 Å². The summed E-state index contributed by atoms with van der Waals surface area (Å²) in [7, 11) is -4.35. The lowest BCUT2D eigenvalue weighted by Gasteiger charge is -2.23. The third-order valence-corrected chi connectivity index (χ3v) is 9.34. The molecule has 3 unspecified atom stereocenters. The molecule has 0 radical (unpaired) electrons. The first-order valence-corrected chi connectivity index (χ1v) is 21.3. The Hall–Kier alpha value is -1.54. The van der Waals surface area contributed by atoms with Crippen molar-refractivity contribution in [2.75, 3.05) is 19.8 Å². The number of unbranched alkanes of at least 4 members (excludes halogenated alkanes) is 18. The molecule has 0 aliphatic heterocycles. The second kappa shape index (κ2) is 36.3. The molecule has 0 saturated heterocycles. The zero-order valence-corrected chi connectivity index (χ0v) is 32.3. The fraction of sp³-hybridized carbons (Fsp3) is 0.775. The largest absolute Gasteiger partial charge is 0.472 e. The molecule has 0 rings (SSSR count). The van der Waals surface area contributed by atoms with E-state index in [-0.39, 0.29) is 25.7 Å². The van der Waals surface area contributed by atoms with Gasteiger partial charge in [0.2, 0.25) is 5.91 Å². The van der Waals surface area contributed by atoms with Crippen molar-refractivity contribution in [2.45, 2.75) is 180 Å². The number of carbonyl (C=O) groups is 1. The molecule has 0 aliphatic rings. The summed E-state index contributed by atoms with van der Waals surface area (Å²) >= 11 is 0. The summed E-state index contributed by atoms with van der Waals surface area (Å²) in [6.07, 6.45) is 43.1. The number of aliphatic hydroxyl groups excluding tert-OH is 1. The Labute approximate surface area is 301 Å². The Morgan fingerprint density at radius 2 is 1.10 bits per heavy atom. The van der Waals surface area contributed by atoms with Gasteiger partial charge in [0.1, 0.15) is 0 Å². The van der Waals surface area contributed by atoms with Crippen molar-refractivity contribution < 1.29 is 28.4 Å². The molecule has 0 bridgehead atoms. The maximum atomic E-state index is 12.7. The van der Waals surface area contributed by atoms with Crippen molar-refractivity contribution in [1.29, 1.82) is 0 Å². The van der Waals surface area contributed by atoms with Crippen LogP contribution in [0, 0.1) is 0 Å². The van der Waals surface area contributed by atoms with Gasteiger partial charge in [-0.05, 0) is 64.2 Å². The van der Waals surface area contributed by atoms with Gasteiger partial charge in [-0.15, -0.1) is 0 Å². The minimum absolute atomic E-state index is 0.0691. The van der Waals surface area contributed by atoms with Crippen LogP contribution in [0.5, 0.6) is 0 Å². The van der Waals surface area contributed by atoms with Crippen LogP contribution in [0.4, 0.5) is 0 Å². The lowest BCUT2D eigenvalue weighted by atomic mass is 10.1. The number of carbonyl (C=O) groups excluding carboxylic acids is 1. The van der Waals surface area contributed by atoms with E-state index < -0.39 is 20.0 Å². The Morgan fingerprint density at radius 1 is 0.653 bits per heavy atom. The number of hydrogen-bond donors (Lipinski definition) is 4. The lowest BCUT2D eigenvalue weighted by molar-refractivity contribution is -0.123. The fourth-order valence-electron chi connectivity index (χ4n) is 5.32. The standard InChI is InChI=1S/C40H75N2O6P/c1-3-5-7-9-11-13-15-16-17-18-19-20-21-22-24-25-27-29-31-33-39(43)38(37-48-49(45,46)47-36-35-41)42-40(44)34-32-30-28-26-23-14-12-10-8-6-4-2/h10,12,19-20,24-25,31,33,38-39,43H,3-9,11,13-18,21-23,26-30,32,34-37,41H2,1-2H3,(H,42,44)(H,45,46)/b12-10-,20-19+,25-24+,33-31+. The van der Waals surface area contributed by atoms with Gasteiger partial charge in [-0.25, -0.2) is 4.57 Å². The van der Waals surface area contributed by atoms with Crippen LogP contribution in [-0.2, 0) is 18.4 Å². The van der Waals surface area contributed by atoms with Gasteiger partial charge in [0.25, 0.3) is 0 Å². The van der Waals surface area contributed by atoms with Gasteiger partial charge in [0.05, 0.1) is 25.4 Å². The number of allylic oxidation sites excluding steroid dienone is 7. The summed E-state index contributed by atoms with van der Waals surface area (Å²) in [5.41, 5.74) is 5.35. The quantitative estimate of drug-likeness (QED) is 0.0289. The lowest BCUT2D eigenvalue weighted by Crippen LogP contribution is -2.45. The molecule has 0 heterocycles. The number of phosphoric ester groups is 1.